The first kappa shape index (κ1) is 23.5. The highest BCUT2D eigenvalue weighted by molar-refractivity contribution is 7.18. The zero-order chi connectivity index (χ0) is 22.3. The van der Waals surface area contributed by atoms with Crippen LogP contribution in [0.5, 0.6) is 0 Å². The lowest BCUT2D eigenvalue weighted by atomic mass is 9.96. The molecule has 2 heterocycles. The summed E-state index contributed by atoms with van der Waals surface area (Å²) in [6.07, 6.45) is 3.47. The second kappa shape index (κ2) is 10.3. The van der Waals surface area contributed by atoms with Gasteiger partial charge < -0.3 is 15.0 Å². The van der Waals surface area contributed by atoms with E-state index >= 15 is 0 Å². The summed E-state index contributed by atoms with van der Waals surface area (Å²) in [7, 11) is 0. The van der Waals surface area contributed by atoms with E-state index in [1.54, 1.807) is 36.4 Å². The van der Waals surface area contributed by atoms with E-state index in [9.17, 15) is 14.4 Å². The molecule has 0 atom stereocenters. The van der Waals surface area contributed by atoms with Crippen molar-refractivity contribution in [2.45, 2.75) is 47.6 Å². The molecule has 0 aliphatic heterocycles. The lowest BCUT2D eigenvalue weighted by molar-refractivity contribution is -0.143. The standard InChI is InChI=1S/C22H29N3O4S/c1-6-29-18(26)9-11-25(14-16-8-7-10-23-13-16)20(27)19-15(2)12-17(30-19)24-21(28)22(3,4)5/h7-8,10,12-13H,6,9,11,14H2,1-5H3,(H,24,28). The van der Waals surface area contributed by atoms with Gasteiger partial charge in [0.2, 0.25) is 5.91 Å². The van der Waals surface area contributed by atoms with Crippen molar-refractivity contribution >= 4 is 34.1 Å². The first-order chi connectivity index (χ1) is 14.1. The minimum atomic E-state index is -0.534. The molecule has 7 nitrogen and oxygen atoms in total. The second-order valence-electron chi connectivity index (χ2n) is 7.97. The molecule has 0 saturated heterocycles. The molecular weight excluding hydrogens is 402 g/mol. The summed E-state index contributed by atoms with van der Waals surface area (Å²) in [5.41, 5.74) is 1.11. The average molecular weight is 432 g/mol. The molecule has 0 saturated carbocycles. The van der Waals surface area contributed by atoms with Crippen molar-refractivity contribution in [3.05, 3.63) is 46.6 Å². The van der Waals surface area contributed by atoms with Gasteiger partial charge in [-0.3, -0.25) is 19.4 Å². The van der Waals surface area contributed by atoms with Crippen molar-refractivity contribution in [1.82, 2.24) is 9.88 Å². The average Bonchev–Trinajstić information content (AvgIpc) is 3.05. The van der Waals surface area contributed by atoms with Gasteiger partial charge in [0, 0.05) is 30.9 Å². The normalized spacial score (nSPS) is 11.1. The number of nitrogens with one attached hydrogen (secondary N) is 1. The molecule has 0 bridgehead atoms. The van der Waals surface area contributed by atoms with Crippen molar-refractivity contribution in [2.24, 2.45) is 5.41 Å². The fourth-order valence-electron chi connectivity index (χ4n) is 2.62. The van der Waals surface area contributed by atoms with Crippen molar-refractivity contribution in [2.75, 3.05) is 18.5 Å². The molecule has 30 heavy (non-hydrogen) atoms. The summed E-state index contributed by atoms with van der Waals surface area (Å²) >= 11 is 1.24. The van der Waals surface area contributed by atoms with Gasteiger partial charge in [-0.2, -0.15) is 0 Å². The highest BCUT2D eigenvalue weighted by Gasteiger charge is 2.25. The third kappa shape index (κ3) is 6.66. The second-order valence-corrected chi connectivity index (χ2v) is 9.02. The Hall–Kier alpha value is -2.74. The lowest BCUT2D eigenvalue weighted by Gasteiger charge is -2.22. The number of ether oxygens (including phenoxy) is 1. The summed E-state index contributed by atoms with van der Waals surface area (Å²) in [4.78, 5) is 43.6. The number of hydrogen-bond donors (Lipinski definition) is 1. The molecule has 2 amide bonds. The van der Waals surface area contributed by atoms with E-state index in [-0.39, 0.29) is 30.7 Å². The van der Waals surface area contributed by atoms with Crippen molar-refractivity contribution in [3.8, 4) is 0 Å². The van der Waals surface area contributed by atoms with Gasteiger partial charge in [-0.15, -0.1) is 11.3 Å². The maximum atomic E-state index is 13.3. The molecule has 2 aromatic heterocycles. The first-order valence-corrected chi connectivity index (χ1v) is 10.7. The van der Waals surface area contributed by atoms with Crippen LogP contribution in [0.3, 0.4) is 0 Å². The number of hydrogen-bond acceptors (Lipinski definition) is 6. The maximum Gasteiger partial charge on any atom is 0.307 e. The Morgan fingerprint density at radius 2 is 2.00 bits per heavy atom. The maximum absolute atomic E-state index is 13.3. The van der Waals surface area contributed by atoms with Gasteiger partial charge in [0.15, 0.2) is 0 Å². The number of pyridine rings is 1. The van der Waals surface area contributed by atoms with Crippen LogP contribution in [0.15, 0.2) is 30.6 Å². The van der Waals surface area contributed by atoms with E-state index < -0.39 is 5.41 Å². The van der Waals surface area contributed by atoms with E-state index in [1.807, 2.05) is 33.8 Å². The van der Waals surface area contributed by atoms with Crippen molar-refractivity contribution < 1.29 is 19.1 Å². The molecule has 0 aliphatic carbocycles. The van der Waals surface area contributed by atoms with Crippen LogP contribution < -0.4 is 5.32 Å². The van der Waals surface area contributed by atoms with E-state index in [4.69, 9.17) is 4.74 Å². The molecule has 8 heteroatoms. The summed E-state index contributed by atoms with van der Waals surface area (Å²) in [6.45, 7) is 9.94. The SMILES string of the molecule is CCOC(=O)CCN(Cc1cccnc1)C(=O)c1sc(NC(=O)C(C)(C)C)cc1C. The number of thiophene rings is 1. The molecule has 0 spiro atoms. The highest BCUT2D eigenvalue weighted by atomic mass is 32.1. The Morgan fingerprint density at radius 1 is 1.27 bits per heavy atom. The molecule has 0 radical (unpaired) electrons. The van der Waals surface area contributed by atoms with Crippen LogP contribution in [0.2, 0.25) is 0 Å². The minimum absolute atomic E-state index is 0.109. The fourth-order valence-corrected chi connectivity index (χ4v) is 3.66. The molecule has 2 aromatic rings. The number of anilines is 1. The number of aryl methyl sites for hydroxylation is 1. The highest BCUT2D eigenvalue weighted by Crippen LogP contribution is 2.30. The zero-order valence-corrected chi connectivity index (χ0v) is 19.0. The van der Waals surface area contributed by atoms with Gasteiger partial charge in [-0.25, -0.2) is 0 Å². The Morgan fingerprint density at radius 3 is 2.60 bits per heavy atom. The van der Waals surface area contributed by atoms with Gasteiger partial charge in [0.05, 0.1) is 22.9 Å². The van der Waals surface area contributed by atoms with E-state index in [0.29, 0.717) is 23.0 Å². The molecule has 0 aromatic carbocycles. The summed E-state index contributed by atoms with van der Waals surface area (Å²) in [5, 5.41) is 3.51. The smallest absolute Gasteiger partial charge is 0.307 e. The van der Waals surface area contributed by atoms with Gasteiger partial charge in [0.25, 0.3) is 5.91 Å². The predicted molar refractivity (Wildman–Crippen MR) is 117 cm³/mol. The monoisotopic (exact) mass is 431 g/mol. The summed E-state index contributed by atoms with van der Waals surface area (Å²) < 4.78 is 5.00. The number of nitrogens with zero attached hydrogens (tertiary/aromatic N) is 2. The fraction of sp³-hybridized carbons (Fsp3) is 0.455. The molecular formula is C22H29N3O4S. The van der Waals surface area contributed by atoms with Crippen LogP contribution in [-0.2, 0) is 20.9 Å². The predicted octanol–water partition coefficient (Wildman–Crippen LogP) is 4.03. The summed E-state index contributed by atoms with van der Waals surface area (Å²) in [6, 6.07) is 5.49. The molecule has 1 N–H and O–H groups in total. The number of carbonyl (C=O) groups excluding carboxylic acids is 3. The third-order valence-corrected chi connectivity index (χ3v) is 5.45. The van der Waals surface area contributed by atoms with Crippen LogP contribution in [0, 0.1) is 12.3 Å². The van der Waals surface area contributed by atoms with Crippen LogP contribution in [0.25, 0.3) is 0 Å². The largest absolute Gasteiger partial charge is 0.466 e. The van der Waals surface area contributed by atoms with E-state index in [0.717, 1.165) is 11.1 Å². The number of rotatable bonds is 8. The molecule has 0 fully saturated rings. The van der Waals surface area contributed by atoms with Crippen LogP contribution in [-0.4, -0.2) is 40.8 Å². The Labute approximate surface area is 181 Å². The van der Waals surface area contributed by atoms with Gasteiger partial charge in [0.1, 0.15) is 0 Å². The number of amides is 2. The Balaban J connectivity index is 2.21. The number of aromatic nitrogens is 1. The number of esters is 1. The van der Waals surface area contributed by atoms with Gasteiger partial charge in [-0.1, -0.05) is 26.8 Å². The van der Waals surface area contributed by atoms with Crippen LogP contribution in [0.1, 0.15) is 54.9 Å². The quantitative estimate of drug-likeness (QED) is 0.638. The van der Waals surface area contributed by atoms with Crippen molar-refractivity contribution in [3.63, 3.8) is 0 Å². The molecule has 2 rings (SSSR count). The van der Waals surface area contributed by atoms with E-state index in [1.165, 1.54) is 11.3 Å². The lowest BCUT2D eigenvalue weighted by Crippen LogP contribution is -2.32. The van der Waals surface area contributed by atoms with Gasteiger partial charge in [-0.05, 0) is 37.1 Å². The Bertz CT molecular complexity index is 888. The summed E-state index contributed by atoms with van der Waals surface area (Å²) in [5.74, 6) is -0.651. The molecule has 0 aliphatic rings. The van der Waals surface area contributed by atoms with E-state index in [2.05, 4.69) is 10.3 Å². The van der Waals surface area contributed by atoms with Crippen LogP contribution in [0.4, 0.5) is 5.00 Å². The minimum Gasteiger partial charge on any atom is -0.466 e. The molecule has 0 unspecified atom stereocenters. The topological polar surface area (TPSA) is 88.6 Å². The molecule has 162 valence electrons. The van der Waals surface area contributed by atoms with Gasteiger partial charge >= 0.3 is 5.97 Å². The third-order valence-electron chi connectivity index (χ3n) is 4.30. The van der Waals surface area contributed by atoms with Crippen LogP contribution >= 0.6 is 11.3 Å². The van der Waals surface area contributed by atoms with Crippen molar-refractivity contribution in [1.29, 1.82) is 0 Å². The number of carbonyl (C=O) groups is 3. The zero-order valence-electron chi connectivity index (χ0n) is 18.2. The Kier molecular flexibility index (Phi) is 8.11. The first-order valence-electron chi connectivity index (χ1n) is 9.87.